The lowest BCUT2D eigenvalue weighted by atomic mass is 10.1. The number of nitrogens with one attached hydrogen (secondary N) is 2. The molecule has 0 spiro atoms. The Morgan fingerprint density at radius 2 is 1.88 bits per heavy atom. The van der Waals surface area contributed by atoms with E-state index in [2.05, 4.69) is 10.3 Å². The van der Waals surface area contributed by atoms with E-state index < -0.39 is 16.9 Å². The fourth-order valence-corrected chi connectivity index (χ4v) is 2.73. The van der Waals surface area contributed by atoms with Crippen LogP contribution in [0.3, 0.4) is 0 Å². The number of hydrogen-bond donors (Lipinski definition) is 2. The molecule has 2 aromatic carbocycles. The molecule has 0 aliphatic carbocycles. The maximum Gasteiger partial charge on any atom is 0.316 e. The summed E-state index contributed by atoms with van der Waals surface area (Å²) < 4.78 is 14.6. The Morgan fingerprint density at radius 1 is 1.15 bits per heavy atom. The number of H-pyrrole nitrogens is 1. The van der Waals surface area contributed by atoms with E-state index in [0.717, 1.165) is 17.2 Å². The number of benzene rings is 2. The number of aromatic amines is 1. The van der Waals surface area contributed by atoms with Crippen molar-refractivity contribution >= 4 is 16.9 Å². The van der Waals surface area contributed by atoms with Crippen molar-refractivity contribution in [3.8, 4) is 0 Å². The van der Waals surface area contributed by atoms with Crippen LogP contribution in [0.25, 0.3) is 11.0 Å². The summed E-state index contributed by atoms with van der Waals surface area (Å²) in [5.41, 5.74) is 1.09. The number of halogens is 1. The average molecular weight is 355 g/mol. The van der Waals surface area contributed by atoms with Gasteiger partial charge in [-0.2, -0.15) is 0 Å². The van der Waals surface area contributed by atoms with Crippen LogP contribution in [-0.2, 0) is 17.8 Å². The molecule has 3 rings (SSSR count). The normalized spacial score (nSPS) is 10.8. The molecule has 0 fully saturated rings. The van der Waals surface area contributed by atoms with Crippen LogP contribution in [0.15, 0.2) is 52.1 Å². The molecule has 26 heavy (non-hydrogen) atoms. The second-order valence-corrected chi connectivity index (χ2v) is 6.08. The summed E-state index contributed by atoms with van der Waals surface area (Å²) in [7, 11) is 0. The molecule has 0 aliphatic heterocycles. The van der Waals surface area contributed by atoms with Crippen molar-refractivity contribution in [2.45, 2.75) is 19.9 Å². The van der Waals surface area contributed by atoms with E-state index in [4.69, 9.17) is 0 Å². The van der Waals surface area contributed by atoms with Crippen molar-refractivity contribution in [1.29, 1.82) is 0 Å². The van der Waals surface area contributed by atoms with E-state index in [1.165, 1.54) is 16.7 Å². The summed E-state index contributed by atoms with van der Waals surface area (Å²) in [6.07, 6.45) is 0.233. The quantitative estimate of drug-likeness (QED) is 0.680. The first-order valence-corrected chi connectivity index (χ1v) is 8.18. The Hall–Kier alpha value is -3.22. The van der Waals surface area contributed by atoms with E-state index in [1.807, 2.05) is 31.2 Å². The van der Waals surface area contributed by atoms with Crippen molar-refractivity contribution in [2.75, 3.05) is 6.54 Å². The van der Waals surface area contributed by atoms with Crippen LogP contribution >= 0.6 is 0 Å². The Bertz CT molecular complexity index is 1070. The molecule has 7 heteroatoms. The van der Waals surface area contributed by atoms with Crippen LogP contribution in [0.2, 0.25) is 0 Å². The first-order chi connectivity index (χ1) is 12.4. The van der Waals surface area contributed by atoms with Gasteiger partial charge in [-0.15, -0.1) is 0 Å². The first kappa shape index (κ1) is 17.6. The molecule has 0 radical (unpaired) electrons. The van der Waals surface area contributed by atoms with Gasteiger partial charge in [0.05, 0.1) is 17.5 Å². The summed E-state index contributed by atoms with van der Waals surface area (Å²) in [5.74, 6) is -0.688. The predicted molar refractivity (Wildman–Crippen MR) is 96.7 cm³/mol. The standard InChI is InChI=1S/C19H18FN3O3/c1-12-2-4-13(5-3-12)10-17(24)21-8-9-23-16-7-6-14(20)11-15(16)22-18(25)19(23)26/h2-7,11H,8-10H2,1H3,(H,21,24)(H,22,25). The number of hydrogen-bond acceptors (Lipinski definition) is 3. The molecule has 0 aliphatic rings. The van der Waals surface area contributed by atoms with Crippen LogP contribution in [0.1, 0.15) is 11.1 Å². The molecule has 0 unspecified atom stereocenters. The van der Waals surface area contributed by atoms with Crippen LogP contribution < -0.4 is 16.4 Å². The lowest BCUT2D eigenvalue weighted by Gasteiger charge is -2.11. The molecule has 0 atom stereocenters. The van der Waals surface area contributed by atoms with Gasteiger partial charge in [0.1, 0.15) is 5.82 Å². The molecule has 6 nitrogen and oxygen atoms in total. The van der Waals surface area contributed by atoms with Crippen molar-refractivity contribution in [1.82, 2.24) is 14.9 Å². The average Bonchev–Trinajstić information content (AvgIpc) is 2.60. The van der Waals surface area contributed by atoms with E-state index in [0.29, 0.717) is 5.52 Å². The molecule has 0 bridgehead atoms. The fraction of sp³-hybridized carbons (Fsp3) is 0.211. The molecule has 1 heterocycles. The van der Waals surface area contributed by atoms with Gasteiger partial charge in [0, 0.05) is 13.1 Å². The zero-order valence-corrected chi connectivity index (χ0v) is 14.2. The SMILES string of the molecule is Cc1ccc(CC(=O)NCCn2c(=O)c(=O)[nH]c3cc(F)ccc32)cc1. The first-order valence-electron chi connectivity index (χ1n) is 8.18. The predicted octanol–water partition coefficient (Wildman–Crippen LogP) is 1.50. The molecular formula is C19H18FN3O3. The van der Waals surface area contributed by atoms with Gasteiger partial charge in [0.25, 0.3) is 0 Å². The highest BCUT2D eigenvalue weighted by molar-refractivity contribution is 5.78. The Labute approximate surface area is 148 Å². The number of fused-ring (bicyclic) bond motifs is 1. The summed E-state index contributed by atoms with van der Waals surface area (Å²) in [5, 5.41) is 2.73. The Balaban J connectivity index is 1.70. The van der Waals surface area contributed by atoms with E-state index in [9.17, 15) is 18.8 Å². The van der Waals surface area contributed by atoms with E-state index in [-0.39, 0.29) is 30.9 Å². The monoisotopic (exact) mass is 355 g/mol. The molecule has 2 N–H and O–H groups in total. The molecule has 0 saturated carbocycles. The van der Waals surface area contributed by atoms with Crippen molar-refractivity contribution in [2.24, 2.45) is 0 Å². The number of carbonyl (C=O) groups excluding carboxylic acids is 1. The number of rotatable bonds is 5. The lowest BCUT2D eigenvalue weighted by molar-refractivity contribution is -0.120. The van der Waals surface area contributed by atoms with Crippen LogP contribution in [-0.4, -0.2) is 22.0 Å². The van der Waals surface area contributed by atoms with Gasteiger partial charge in [-0.1, -0.05) is 29.8 Å². The number of amides is 1. The highest BCUT2D eigenvalue weighted by atomic mass is 19.1. The number of aryl methyl sites for hydroxylation is 1. The number of aromatic nitrogens is 2. The Morgan fingerprint density at radius 3 is 2.62 bits per heavy atom. The number of carbonyl (C=O) groups is 1. The van der Waals surface area contributed by atoms with Gasteiger partial charge >= 0.3 is 11.1 Å². The second-order valence-electron chi connectivity index (χ2n) is 6.08. The summed E-state index contributed by atoms with van der Waals surface area (Å²) in [4.78, 5) is 38.2. The fourth-order valence-electron chi connectivity index (χ4n) is 2.73. The maximum atomic E-state index is 13.3. The summed E-state index contributed by atoms with van der Waals surface area (Å²) >= 11 is 0. The molecular weight excluding hydrogens is 337 g/mol. The van der Waals surface area contributed by atoms with Crippen molar-refractivity contribution in [3.63, 3.8) is 0 Å². The van der Waals surface area contributed by atoms with E-state index in [1.54, 1.807) is 0 Å². The van der Waals surface area contributed by atoms with E-state index >= 15 is 0 Å². The van der Waals surface area contributed by atoms with Gasteiger partial charge in [-0.3, -0.25) is 14.4 Å². The topological polar surface area (TPSA) is 84.0 Å². The van der Waals surface area contributed by atoms with Crippen molar-refractivity contribution in [3.05, 3.63) is 80.1 Å². The zero-order valence-electron chi connectivity index (χ0n) is 14.2. The summed E-state index contributed by atoms with van der Waals surface area (Å²) in [6.45, 7) is 2.27. The lowest BCUT2D eigenvalue weighted by Crippen LogP contribution is -2.39. The largest absolute Gasteiger partial charge is 0.354 e. The highest BCUT2D eigenvalue weighted by Crippen LogP contribution is 2.10. The summed E-state index contributed by atoms with van der Waals surface area (Å²) in [6, 6.07) is 11.4. The molecule has 0 saturated heterocycles. The molecule has 134 valence electrons. The minimum atomic E-state index is -0.825. The minimum Gasteiger partial charge on any atom is -0.354 e. The van der Waals surface area contributed by atoms with Gasteiger partial charge in [0.2, 0.25) is 5.91 Å². The third kappa shape index (κ3) is 3.88. The third-order valence-electron chi connectivity index (χ3n) is 4.08. The van der Waals surface area contributed by atoms with Crippen LogP contribution in [0.5, 0.6) is 0 Å². The van der Waals surface area contributed by atoms with Gasteiger partial charge < -0.3 is 14.9 Å². The Kier molecular flexibility index (Phi) is 4.97. The van der Waals surface area contributed by atoms with Gasteiger partial charge in [-0.25, -0.2) is 4.39 Å². The third-order valence-corrected chi connectivity index (χ3v) is 4.08. The van der Waals surface area contributed by atoms with Crippen LogP contribution in [0, 0.1) is 12.7 Å². The number of nitrogens with zero attached hydrogens (tertiary/aromatic N) is 1. The minimum absolute atomic E-state index is 0.116. The van der Waals surface area contributed by atoms with Gasteiger partial charge in [0.15, 0.2) is 0 Å². The highest BCUT2D eigenvalue weighted by Gasteiger charge is 2.09. The molecule has 1 aromatic heterocycles. The smallest absolute Gasteiger partial charge is 0.316 e. The van der Waals surface area contributed by atoms with Crippen LogP contribution in [0.4, 0.5) is 4.39 Å². The zero-order chi connectivity index (χ0) is 18.7. The molecule has 3 aromatic rings. The maximum absolute atomic E-state index is 13.3. The molecule has 1 amide bonds. The van der Waals surface area contributed by atoms with Gasteiger partial charge in [-0.05, 0) is 30.7 Å². The second kappa shape index (κ2) is 7.35. The van der Waals surface area contributed by atoms with Crippen molar-refractivity contribution < 1.29 is 9.18 Å².